The minimum Gasteiger partial charge on any atom is -0.454 e. The summed E-state index contributed by atoms with van der Waals surface area (Å²) in [6.07, 6.45) is 0. The Kier molecular flexibility index (Phi) is 4.55. The van der Waals surface area contributed by atoms with Gasteiger partial charge in [0.2, 0.25) is 6.79 Å². The zero-order valence-corrected chi connectivity index (χ0v) is 16.5. The van der Waals surface area contributed by atoms with Crippen molar-refractivity contribution in [3.63, 3.8) is 0 Å². The van der Waals surface area contributed by atoms with Crippen molar-refractivity contribution in [2.75, 3.05) is 17.4 Å². The third kappa shape index (κ3) is 4.01. The SMILES string of the molecule is Cc1nc(Nc2ccc(C(C)(C)C)cc2)cc(Nc2ccc3c(c2)OCO3)n1. The van der Waals surface area contributed by atoms with Gasteiger partial charge in [-0.3, -0.25) is 0 Å². The van der Waals surface area contributed by atoms with Crippen LogP contribution in [-0.4, -0.2) is 16.8 Å². The number of ether oxygens (including phenoxy) is 2. The van der Waals surface area contributed by atoms with Gasteiger partial charge in [0, 0.05) is 23.5 Å². The van der Waals surface area contributed by atoms with Gasteiger partial charge in [0.1, 0.15) is 17.5 Å². The molecule has 28 heavy (non-hydrogen) atoms. The normalized spacial score (nSPS) is 12.7. The molecule has 0 saturated heterocycles. The van der Waals surface area contributed by atoms with Crippen LogP contribution in [0.15, 0.2) is 48.5 Å². The Morgan fingerprint density at radius 3 is 2.07 bits per heavy atom. The highest BCUT2D eigenvalue weighted by molar-refractivity contribution is 5.65. The first-order valence-corrected chi connectivity index (χ1v) is 9.27. The monoisotopic (exact) mass is 376 g/mol. The average Bonchev–Trinajstić information content (AvgIpc) is 3.08. The third-order valence-corrected chi connectivity index (χ3v) is 4.51. The van der Waals surface area contributed by atoms with Crippen molar-refractivity contribution in [2.45, 2.75) is 33.1 Å². The van der Waals surface area contributed by atoms with Gasteiger partial charge in [0.05, 0.1) is 0 Å². The molecule has 0 spiro atoms. The first-order chi connectivity index (χ1) is 13.4. The Morgan fingerprint density at radius 2 is 1.39 bits per heavy atom. The van der Waals surface area contributed by atoms with E-state index in [0.717, 1.165) is 28.7 Å². The van der Waals surface area contributed by atoms with Crippen LogP contribution >= 0.6 is 0 Å². The molecule has 0 aliphatic carbocycles. The number of nitrogens with zero attached hydrogens (tertiary/aromatic N) is 2. The number of benzene rings is 2. The number of aromatic nitrogens is 2. The predicted molar refractivity (Wildman–Crippen MR) is 111 cm³/mol. The molecule has 0 amide bonds. The first-order valence-electron chi connectivity index (χ1n) is 9.27. The number of aryl methyl sites for hydroxylation is 1. The van der Waals surface area contributed by atoms with Crippen molar-refractivity contribution >= 4 is 23.0 Å². The fourth-order valence-corrected chi connectivity index (χ4v) is 3.02. The lowest BCUT2D eigenvalue weighted by Crippen LogP contribution is -2.10. The Bertz CT molecular complexity index is 994. The predicted octanol–water partition coefficient (Wildman–Crippen LogP) is 5.30. The van der Waals surface area contributed by atoms with Crippen LogP contribution in [0.2, 0.25) is 0 Å². The highest BCUT2D eigenvalue weighted by Crippen LogP contribution is 2.35. The molecular formula is C22H24N4O2. The van der Waals surface area contributed by atoms with E-state index in [-0.39, 0.29) is 12.2 Å². The third-order valence-electron chi connectivity index (χ3n) is 4.51. The number of anilines is 4. The maximum absolute atomic E-state index is 5.43. The van der Waals surface area contributed by atoms with Crippen LogP contribution in [0, 0.1) is 6.92 Å². The van der Waals surface area contributed by atoms with Crippen molar-refractivity contribution in [3.8, 4) is 11.5 Å². The quantitative estimate of drug-likeness (QED) is 0.644. The molecule has 0 saturated carbocycles. The van der Waals surface area contributed by atoms with Gasteiger partial charge < -0.3 is 20.1 Å². The van der Waals surface area contributed by atoms with E-state index in [1.165, 1.54) is 5.56 Å². The molecule has 6 heteroatoms. The van der Waals surface area contributed by atoms with Gasteiger partial charge in [-0.2, -0.15) is 0 Å². The van der Waals surface area contributed by atoms with Crippen LogP contribution < -0.4 is 20.1 Å². The van der Waals surface area contributed by atoms with Gasteiger partial charge in [0.25, 0.3) is 0 Å². The molecule has 2 N–H and O–H groups in total. The topological polar surface area (TPSA) is 68.3 Å². The molecule has 6 nitrogen and oxygen atoms in total. The smallest absolute Gasteiger partial charge is 0.231 e. The van der Waals surface area contributed by atoms with Gasteiger partial charge in [-0.25, -0.2) is 9.97 Å². The largest absolute Gasteiger partial charge is 0.454 e. The van der Waals surface area contributed by atoms with Crippen LogP contribution in [0.4, 0.5) is 23.0 Å². The number of fused-ring (bicyclic) bond motifs is 1. The molecule has 1 aromatic heterocycles. The van der Waals surface area contributed by atoms with Crippen molar-refractivity contribution in [2.24, 2.45) is 0 Å². The van der Waals surface area contributed by atoms with Crippen molar-refractivity contribution in [3.05, 3.63) is 59.9 Å². The molecule has 0 radical (unpaired) electrons. The van der Waals surface area contributed by atoms with Crippen LogP contribution in [0.25, 0.3) is 0 Å². The second-order valence-electron chi connectivity index (χ2n) is 7.83. The van der Waals surface area contributed by atoms with E-state index in [9.17, 15) is 0 Å². The van der Waals surface area contributed by atoms with Crippen LogP contribution in [-0.2, 0) is 5.41 Å². The zero-order chi connectivity index (χ0) is 19.7. The summed E-state index contributed by atoms with van der Waals surface area (Å²) < 4.78 is 10.8. The summed E-state index contributed by atoms with van der Waals surface area (Å²) in [7, 11) is 0. The van der Waals surface area contributed by atoms with E-state index < -0.39 is 0 Å². The molecule has 2 heterocycles. The van der Waals surface area contributed by atoms with Crippen molar-refractivity contribution < 1.29 is 9.47 Å². The lowest BCUT2D eigenvalue weighted by Gasteiger charge is -2.19. The van der Waals surface area contributed by atoms with Crippen LogP contribution in [0.1, 0.15) is 32.2 Å². The summed E-state index contributed by atoms with van der Waals surface area (Å²) in [5.41, 5.74) is 3.29. The van der Waals surface area contributed by atoms with Gasteiger partial charge in [-0.05, 0) is 42.2 Å². The fraction of sp³-hybridized carbons (Fsp3) is 0.273. The summed E-state index contributed by atoms with van der Waals surface area (Å²) in [4.78, 5) is 8.97. The Hall–Kier alpha value is -3.28. The van der Waals surface area contributed by atoms with Crippen molar-refractivity contribution in [1.82, 2.24) is 9.97 Å². The number of nitrogens with one attached hydrogen (secondary N) is 2. The minimum absolute atomic E-state index is 0.131. The van der Waals surface area contributed by atoms with E-state index in [4.69, 9.17) is 9.47 Å². The summed E-state index contributed by atoms with van der Waals surface area (Å²) in [6, 6.07) is 16.0. The zero-order valence-electron chi connectivity index (χ0n) is 16.5. The fourth-order valence-electron chi connectivity index (χ4n) is 3.02. The molecule has 144 valence electrons. The summed E-state index contributed by atoms with van der Waals surface area (Å²) in [6.45, 7) is 8.75. The second kappa shape index (κ2) is 7.03. The maximum Gasteiger partial charge on any atom is 0.231 e. The van der Waals surface area contributed by atoms with Gasteiger partial charge in [-0.1, -0.05) is 32.9 Å². The molecule has 0 atom stereocenters. The minimum atomic E-state index is 0.131. The first kappa shape index (κ1) is 18.1. The number of rotatable bonds is 4. The van der Waals surface area contributed by atoms with E-state index in [1.54, 1.807) is 0 Å². The molecule has 1 aliphatic heterocycles. The Labute approximate surface area is 164 Å². The van der Waals surface area contributed by atoms with Crippen LogP contribution in [0.5, 0.6) is 11.5 Å². The molecule has 0 bridgehead atoms. The van der Waals surface area contributed by atoms with E-state index in [2.05, 4.69) is 65.6 Å². The molecular weight excluding hydrogens is 352 g/mol. The lowest BCUT2D eigenvalue weighted by molar-refractivity contribution is 0.174. The summed E-state index contributed by atoms with van der Waals surface area (Å²) in [5.74, 6) is 3.61. The Balaban J connectivity index is 1.52. The van der Waals surface area contributed by atoms with E-state index in [0.29, 0.717) is 11.6 Å². The molecule has 4 rings (SSSR count). The second-order valence-corrected chi connectivity index (χ2v) is 7.83. The molecule has 0 fully saturated rings. The van der Waals surface area contributed by atoms with Gasteiger partial charge >= 0.3 is 0 Å². The van der Waals surface area contributed by atoms with E-state index in [1.807, 2.05) is 31.2 Å². The number of hydrogen-bond donors (Lipinski definition) is 2. The highest BCUT2D eigenvalue weighted by atomic mass is 16.7. The van der Waals surface area contributed by atoms with Gasteiger partial charge in [0.15, 0.2) is 11.5 Å². The highest BCUT2D eigenvalue weighted by Gasteiger charge is 2.14. The van der Waals surface area contributed by atoms with Crippen molar-refractivity contribution in [1.29, 1.82) is 0 Å². The molecule has 2 aromatic carbocycles. The maximum atomic E-state index is 5.43. The average molecular weight is 376 g/mol. The molecule has 0 unspecified atom stereocenters. The van der Waals surface area contributed by atoms with E-state index >= 15 is 0 Å². The molecule has 1 aliphatic rings. The molecule has 3 aromatic rings. The lowest BCUT2D eigenvalue weighted by atomic mass is 9.87. The Morgan fingerprint density at radius 1 is 0.786 bits per heavy atom. The van der Waals surface area contributed by atoms with Crippen LogP contribution in [0.3, 0.4) is 0 Å². The van der Waals surface area contributed by atoms with Gasteiger partial charge in [-0.15, -0.1) is 0 Å². The standard InChI is InChI=1S/C22H24N4O2/c1-14-23-20(25-16-7-5-15(6-8-16)22(2,3)4)12-21(24-14)26-17-9-10-18-19(11-17)28-13-27-18/h5-12H,13H2,1-4H3,(H2,23,24,25,26). The summed E-state index contributed by atoms with van der Waals surface area (Å²) in [5, 5.41) is 6.66. The summed E-state index contributed by atoms with van der Waals surface area (Å²) >= 11 is 0. The number of hydrogen-bond acceptors (Lipinski definition) is 6.